The molecule has 5 heteroatoms. The minimum absolute atomic E-state index is 0.231. The lowest BCUT2D eigenvalue weighted by atomic mass is 9.97. The second-order valence-electron chi connectivity index (χ2n) is 8.90. The topological polar surface area (TPSA) is 61.2 Å². The molecule has 1 saturated heterocycles. The highest BCUT2D eigenvalue weighted by atomic mass is 16.5. The van der Waals surface area contributed by atoms with Crippen LogP contribution in [-0.2, 0) is 4.74 Å². The van der Waals surface area contributed by atoms with Crippen LogP contribution in [0.1, 0.15) is 19.4 Å². The number of hydrogen-bond acceptors (Lipinski definition) is 5. The average Bonchev–Trinajstić information content (AvgIpc) is 2.87. The lowest BCUT2D eigenvalue weighted by Crippen LogP contribution is -2.45. The van der Waals surface area contributed by atoms with Gasteiger partial charge < -0.3 is 15.0 Å². The maximum absolute atomic E-state index is 9.11. The Labute approximate surface area is 200 Å². The molecule has 2 unspecified atom stereocenters. The highest BCUT2D eigenvalue weighted by Crippen LogP contribution is 2.37. The van der Waals surface area contributed by atoms with Crippen LogP contribution in [0.4, 0.5) is 11.4 Å². The molecule has 4 aromatic rings. The summed E-state index contributed by atoms with van der Waals surface area (Å²) >= 11 is 0. The normalized spacial score (nSPS) is 18.0. The molecular weight excluding hydrogens is 420 g/mol. The van der Waals surface area contributed by atoms with Crippen molar-refractivity contribution in [3.8, 4) is 28.3 Å². The molecule has 34 heavy (non-hydrogen) atoms. The largest absolute Gasteiger partial charge is 0.387 e. The van der Waals surface area contributed by atoms with Crippen molar-refractivity contribution in [2.24, 2.45) is 0 Å². The highest BCUT2D eigenvalue weighted by molar-refractivity contribution is 6.05. The molecule has 0 bridgehead atoms. The Hall–Kier alpha value is -3.88. The fourth-order valence-corrected chi connectivity index (χ4v) is 4.91. The van der Waals surface area contributed by atoms with Gasteiger partial charge in [0.2, 0.25) is 0 Å². The van der Waals surface area contributed by atoms with Gasteiger partial charge in [0.25, 0.3) is 0 Å². The Morgan fingerprint density at radius 1 is 0.912 bits per heavy atom. The van der Waals surface area contributed by atoms with Gasteiger partial charge in [-0.3, -0.25) is 4.98 Å². The van der Waals surface area contributed by atoms with Crippen LogP contribution in [0.25, 0.3) is 33.2 Å². The summed E-state index contributed by atoms with van der Waals surface area (Å²) in [4.78, 5) is 7.28. The van der Waals surface area contributed by atoms with E-state index < -0.39 is 0 Å². The van der Waals surface area contributed by atoms with Crippen LogP contribution in [-0.4, -0.2) is 37.3 Å². The van der Waals surface area contributed by atoms with Crippen molar-refractivity contribution in [3.05, 3.63) is 78.5 Å². The number of fused-ring (bicyclic) bond motifs is 1. The quantitative estimate of drug-likeness (QED) is 0.409. The summed E-state index contributed by atoms with van der Waals surface area (Å²) in [6, 6.07) is 24.8. The van der Waals surface area contributed by atoms with Gasteiger partial charge in [0.1, 0.15) is 0 Å². The third kappa shape index (κ3) is 4.09. The summed E-state index contributed by atoms with van der Waals surface area (Å²) in [5, 5.41) is 13.6. The lowest BCUT2D eigenvalue weighted by Gasteiger charge is -2.36. The molecule has 0 saturated carbocycles. The Balaban J connectivity index is 1.52. The molecule has 5 nitrogen and oxygen atoms in total. The van der Waals surface area contributed by atoms with Crippen molar-refractivity contribution in [3.63, 3.8) is 0 Å². The second kappa shape index (κ2) is 9.17. The SMILES string of the molecule is CNc1c(-c2ccc(N3CC(C)OC(C)C3)cc2)cnc2c(-c3ccc(C#N)cc3)cccc12. The highest BCUT2D eigenvalue weighted by Gasteiger charge is 2.22. The molecule has 1 aliphatic heterocycles. The van der Waals surface area contributed by atoms with Gasteiger partial charge in [-0.2, -0.15) is 5.26 Å². The monoisotopic (exact) mass is 448 g/mol. The number of morpholine rings is 1. The summed E-state index contributed by atoms with van der Waals surface area (Å²) in [7, 11) is 1.96. The van der Waals surface area contributed by atoms with Gasteiger partial charge in [-0.15, -0.1) is 0 Å². The predicted molar refractivity (Wildman–Crippen MR) is 139 cm³/mol. The molecule has 0 aliphatic carbocycles. The molecule has 170 valence electrons. The lowest BCUT2D eigenvalue weighted by molar-refractivity contribution is -0.00521. The molecule has 0 amide bonds. The van der Waals surface area contributed by atoms with Gasteiger partial charge in [0.15, 0.2) is 0 Å². The molecule has 1 aromatic heterocycles. The number of benzene rings is 3. The summed E-state index contributed by atoms with van der Waals surface area (Å²) in [5.74, 6) is 0. The van der Waals surface area contributed by atoms with Crippen molar-refractivity contribution in [2.75, 3.05) is 30.4 Å². The fourth-order valence-electron chi connectivity index (χ4n) is 4.91. The van der Waals surface area contributed by atoms with Crippen molar-refractivity contribution < 1.29 is 4.74 Å². The molecule has 1 aliphatic rings. The third-order valence-corrected chi connectivity index (χ3v) is 6.44. The number of aromatic nitrogens is 1. The zero-order chi connectivity index (χ0) is 23.7. The van der Waals surface area contributed by atoms with Crippen molar-refractivity contribution in [1.82, 2.24) is 4.98 Å². The van der Waals surface area contributed by atoms with Gasteiger partial charge >= 0.3 is 0 Å². The minimum atomic E-state index is 0.231. The molecule has 2 atom stereocenters. The standard InChI is InChI=1S/C29H28N4O/c1-19-17-33(18-20(2)34-19)24-13-11-23(12-14-24)27-16-32-29-25(5-4-6-26(29)28(27)31-3)22-9-7-21(15-30)8-10-22/h4-14,16,19-20H,17-18H2,1-3H3,(H,31,32). The van der Waals surface area contributed by atoms with Crippen molar-refractivity contribution >= 4 is 22.3 Å². The fraction of sp³-hybridized carbons (Fsp3) is 0.241. The Bertz CT molecular complexity index is 1350. The van der Waals surface area contributed by atoms with E-state index in [1.54, 1.807) is 0 Å². The smallest absolute Gasteiger partial charge is 0.0991 e. The third-order valence-electron chi connectivity index (χ3n) is 6.44. The Morgan fingerprint density at radius 3 is 2.21 bits per heavy atom. The zero-order valence-corrected chi connectivity index (χ0v) is 19.7. The van der Waals surface area contributed by atoms with Crippen LogP contribution in [0.2, 0.25) is 0 Å². The maximum Gasteiger partial charge on any atom is 0.0991 e. The molecule has 0 radical (unpaired) electrons. The van der Waals surface area contributed by atoms with Crippen LogP contribution >= 0.6 is 0 Å². The van der Waals surface area contributed by atoms with E-state index in [-0.39, 0.29) is 12.2 Å². The second-order valence-corrected chi connectivity index (χ2v) is 8.90. The van der Waals surface area contributed by atoms with E-state index in [1.165, 1.54) is 5.69 Å². The van der Waals surface area contributed by atoms with Gasteiger partial charge in [0.05, 0.1) is 35.0 Å². The van der Waals surface area contributed by atoms with Gasteiger partial charge in [-0.1, -0.05) is 42.5 Å². The molecule has 5 rings (SSSR count). The number of pyridine rings is 1. The van der Waals surface area contributed by atoms with Gasteiger partial charge in [0, 0.05) is 48.5 Å². The first-order chi connectivity index (χ1) is 16.6. The Kier molecular flexibility index (Phi) is 5.91. The molecule has 0 spiro atoms. The van der Waals surface area contributed by atoms with Crippen LogP contribution in [0.3, 0.4) is 0 Å². The number of nitriles is 1. The van der Waals surface area contributed by atoms with Crippen LogP contribution in [0.5, 0.6) is 0 Å². The number of nitrogens with one attached hydrogen (secondary N) is 1. The van der Waals surface area contributed by atoms with E-state index in [9.17, 15) is 0 Å². The van der Waals surface area contributed by atoms with Crippen molar-refractivity contribution in [1.29, 1.82) is 5.26 Å². The number of rotatable bonds is 4. The maximum atomic E-state index is 9.11. The number of para-hydroxylation sites is 1. The molecular formula is C29H28N4O. The van der Waals surface area contributed by atoms with E-state index in [2.05, 4.69) is 72.6 Å². The Morgan fingerprint density at radius 2 is 1.56 bits per heavy atom. The van der Waals surface area contributed by atoms with E-state index in [4.69, 9.17) is 15.0 Å². The summed E-state index contributed by atoms with van der Waals surface area (Å²) in [6.45, 7) is 6.06. The van der Waals surface area contributed by atoms with E-state index in [0.29, 0.717) is 5.56 Å². The number of ether oxygens (including phenoxy) is 1. The van der Waals surface area contributed by atoms with Crippen LogP contribution in [0, 0.1) is 11.3 Å². The van der Waals surface area contributed by atoms with Crippen LogP contribution < -0.4 is 10.2 Å². The first-order valence-corrected chi connectivity index (χ1v) is 11.7. The van der Waals surface area contributed by atoms with Crippen molar-refractivity contribution in [2.45, 2.75) is 26.1 Å². The van der Waals surface area contributed by atoms with E-state index >= 15 is 0 Å². The van der Waals surface area contributed by atoms with E-state index in [0.717, 1.165) is 51.9 Å². The molecule has 1 fully saturated rings. The molecule has 1 N–H and O–H groups in total. The van der Waals surface area contributed by atoms with Gasteiger partial charge in [-0.05, 0) is 49.2 Å². The first kappa shape index (κ1) is 21.9. The van der Waals surface area contributed by atoms with Gasteiger partial charge in [-0.25, -0.2) is 0 Å². The summed E-state index contributed by atoms with van der Waals surface area (Å²) in [6.07, 6.45) is 2.42. The zero-order valence-electron chi connectivity index (χ0n) is 19.7. The number of anilines is 2. The molecule has 3 aromatic carbocycles. The van der Waals surface area contributed by atoms with E-state index in [1.807, 2.05) is 37.5 Å². The number of nitrogens with zero attached hydrogens (tertiary/aromatic N) is 3. The number of hydrogen-bond donors (Lipinski definition) is 1. The summed E-state index contributed by atoms with van der Waals surface area (Å²) < 4.78 is 5.88. The first-order valence-electron chi connectivity index (χ1n) is 11.7. The average molecular weight is 449 g/mol. The summed E-state index contributed by atoms with van der Waals surface area (Å²) in [5.41, 5.74) is 8.16. The van der Waals surface area contributed by atoms with Crippen LogP contribution in [0.15, 0.2) is 72.9 Å². The molecule has 2 heterocycles. The minimum Gasteiger partial charge on any atom is -0.387 e. The predicted octanol–water partition coefficient (Wildman–Crippen LogP) is 6.10.